The second-order valence-corrected chi connectivity index (χ2v) is 6.88. The molecule has 0 saturated carbocycles. The van der Waals surface area contributed by atoms with Crippen molar-refractivity contribution >= 4 is 17.5 Å². The van der Waals surface area contributed by atoms with Gasteiger partial charge in [0.05, 0.1) is 11.1 Å². The Morgan fingerprint density at radius 3 is 2.56 bits per heavy atom. The average molecular weight is 366 g/mol. The van der Waals surface area contributed by atoms with E-state index in [1.165, 1.54) is 30.3 Å². The van der Waals surface area contributed by atoms with Gasteiger partial charge in [-0.05, 0) is 25.1 Å². The van der Waals surface area contributed by atoms with Crippen molar-refractivity contribution in [2.75, 3.05) is 19.6 Å². The molecule has 1 amide bonds. The second kappa shape index (κ2) is 6.21. The summed E-state index contributed by atoms with van der Waals surface area (Å²) in [5, 5.41) is 23.6. The minimum absolute atomic E-state index is 0.0235. The van der Waals surface area contributed by atoms with Crippen molar-refractivity contribution in [3.8, 4) is 11.5 Å². The van der Waals surface area contributed by atoms with Crippen LogP contribution in [0.5, 0.6) is 11.5 Å². The summed E-state index contributed by atoms with van der Waals surface area (Å²) in [6.07, 6.45) is 0. The van der Waals surface area contributed by atoms with E-state index in [0.29, 0.717) is 19.6 Å². The number of nitrogens with zero attached hydrogens (tertiary/aromatic N) is 1. The van der Waals surface area contributed by atoms with Crippen LogP contribution in [0.2, 0.25) is 0 Å². The molecule has 1 fully saturated rings. The van der Waals surface area contributed by atoms with Gasteiger partial charge in [-0.2, -0.15) is 0 Å². The second-order valence-electron chi connectivity index (χ2n) is 6.88. The molecule has 1 saturated heterocycles. The Morgan fingerprint density at radius 1 is 1.07 bits per heavy atom. The van der Waals surface area contributed by atoms with Crippen molar-refractivity contribution in [3.05, 3.63) is 58.1 Å². The largest absolute Gasteiger partial charge is 0.507 e. The lowest BCUT2D eigenvalue weighted by Gasteiger charge is -2.32. The summed E-state index contributed by atoms with van der Waals surface area (Å²) in [5.74, 6) is -2.19. The van der Waals surface area contributed by atoms with Gasteiger partial charge in [0.2, 0.25) is 5.78 Å². The van der Waals surface area contributed by atoms with Crippen molar-refractivity contribution < 1.29 is 24.6 Å². The van der Waals surface area contributed by atoms with Crippen molar-refractivity contribution in [3.63, 3.8) is 0 Å². The molecule has 0 aromatic heterocycles. The Labute approximate surface area is 155 Å². The van der Waals surface area contributed by atoms with E-state index < -0.39 is 17.3 Å². The number of hydrogen-bond donors (Lipinski definition) is 3. The molecule has 138 valence electrons. The normalized spacial score (nSPS) is 18.9. The van der Waals surface area contributed by atoms with Crippen molar-refractivity contribution in [2.45, 2.75) is 13.0 Å². The highest BCUT2D eigenvalue weighted by atomic mass is 16.3. The van der Waals surface area contributed by atoms with Gasteiger partial charge in [0.25, 0.3) is 5.91 Å². The number of phenols is 2. The van der Waals surface area contributed by atoms with Crippen LogP contribution in [0.1, 0.15) is 49.1 Å². The Hall–Kier alpha value is -3.19. The van der Waals surface area contributed by atoms with Crippen LogP contribution in [0.25, 0.3) is 0 Å². The van der Waals surface area contributed by atoms with Gasteiger partial charge in [0.15, 0.2) is 5.78 Å². The first-order valence-electron chi connectivity index (χ1n) is 8.69. The number of aromatic hydroxyl groups is 2. The molecule has 1 aliphatic carbocycles. The lowest BCUT2D eigenvalue weighted by Crippen LogP contribution is -2.51. The van der Waals surface area contributed by atoms with Gasteiger partial charge in [-0.15, -0.1) is 0 Å². The first-order chi connectivity index (χ1) is 12.9. The molecule has 1 heterocycles. The molecule has 0 bridgehead atoms. The van der Waals surface area contributed by atoms with E-state index in [2.05, 4.69) is 5.32 Å². The number of carbonyl (C=O) groups is 3. The molecule has 1 aliphatic heterocycles. The summed E-state index contributed by atoms with van der Waals surface area (Å²) in [6.45, 7) is 3.66. The van der Waals surface area contributed by atoms with Gasteiger partial charge < -0.3 is 20.4 Å². The molecule has 1 unspecified atom stereocenters. The van der Waals surface area contributed by atoms with Crippen LogP contribution in [0, 0.1) is 0 Å². The van der Waals surface area contributed by atoms with E-state index in [0.717, 1.165) is 0 Å². The number of rotatable bonds is 1. The fourth-order valence-electron chi connectivity index (χ4n) is 3.71. The Morgan fingerprint density at radius 2 is 1.81 bits per heavy atom. The topological polar surface area (TPSA) is 107 Å². The number of piperazine rings is 1. The molecular formula is C20H18N2O5. The van der Waals surface area contributed by atoms with Crippen LogP contribution < -0.4 is 5.32 Å². The van der Waals surface area contributed by atoms with E-state index in [9.17, 15) is 24.6 Å². The van der Waals surface area contributed by atoms with Gasteiger partial charge in [-0.3, -0.25) is 14.4 Å². The molecule has 4 rings (SSSR count). The molecule has 7 heteroatoms. The van der Waals surface area contributed by atoms with E-state index in [4.69, 9.17) is 0 Å². The molecule has 7 nitrogen and oxygen atoms in total. The number of amides is 1. The summed E-state index contributed by atoms with van der Waals surface area (Å²) in [7, 11) is 0. The monoisotopic (exact) mass is 366 g/mol. The molecular weight excluding hydrogens is 348 g/mol. The van der Waals surface area contributed by atoms with Crippen LogP contribution in [0.3, 0.4) is 0 Å². The zero-order valence-electron chi connectivity index (χ0n) is 14.7. The van der Waals surface area contributed by atoms with E-state index >= 15 is 0 Å². The number of carbonyl (C=O) groups excluding carboxylic acids is 3. The summed E-state index contributed by atoms with van der Waals surface area (Å²) in [5.41, 5.74) is -0.110. The standard InChI is InChI=1S/C20H18N2O5/c1-10-9-22(6-5-21-10)20(27)11-7-13-17(15(24)8-11)19(26)16-12(18(13)25)3-2-4-14(16)23/h2-4,7-8,10,21,23-24H,5-6,9H2,1H3. The van der Waals surface area contributed by atoms with Gasteiger partial charge >= 0.3 is 0 Å². The van der Waals surface area contributed by atoms with Crippen LogP contribution >= 0.6 is 0 Å². The zero-order valence-corrected chi connectivity index (χ0v) is 14.7. The lowest BCUT2D eigenvalue weighted by molar-refractivity contribution is 0.0708. The Bertz CT molecular complexity index is 998. The maximum absolute atomic E-state index is 12.9. The van der Waals surface area contributed by atoms with E-state index in [1.54, 1.807) is 4.90 Å². The highest BCUT2D eigenvalue weighted by Gasteiger charge is 2.35. The van der Waals surface area contributed by atoms with Crippen molar-refractivity contribution in [1.82, 2.24) is 10.2 Å². The molecule has 1 atom stereocenters. The van der Waals surface area contributed by atoms with Gasteiger partial charge in [0.1, 0.15) is 11.5 Å². The van der Waals surface area contributed by atoms with Gasteiger partial charge in [-0.1, -0.05) is 12.1 Å². The molecule has 2 aromatic rings. The number of nitrogens with one attached hydrogen (secondary N) is 1. The number of phenolic OH excluding ortho intramolecular Hbond substituents is 2. The molecule has 2 aliphatic rings. The lowest BCUT2D eigenvalue weighted by atomic mass is 9.82. The third kappa shape index (κ3) is 2.67. The quantitative estimate of drug-likeness (QED) is 0.599. The third-order valence-electron chi connectivity index (χ3n) is 5.01. The molecule has 2 aromatic carbocycles. The minimum atomic E-state index is -0.634. The highest BCUT2D eigenvalue weighted by molar-refractivity contribution is 6.30. The first-order valence-corrected chi connectivity index (χ1v) is 8.69. The van der Waals surface area contributed by atoms with Crippen LogP contribution in [0.4, 0.5) is 0 Å². The fourth-order valence-corrected chi connectivity index (χ4v) is 3.71. The predicted molar refractivity (Wildman–Crippen MR) is 96.4 cm³/mol. The number of hydrogen-bond acceptors (Lipinski definition) is 6. The maximum atomic E-state index is 12.9. The van der Waals surface area contributed by atoms with Crippen LogP contribution in [0.15, 0.2) is 30.3 Å². The highest BCUT2D eigenvalue weighted by Crippen LogP contribution is 2.37. The fraction of sp³-hybridized carbons (Fsp3) is 0.250. The summed E-state index contributed by atoms with van der Waals surface area (Å²) in [4.78, 5) is 40.1. The predicted octanol–water partition coefficient (Wildman–Crippen LogP) is 1.31. The smallest absolute Gasteiger partial charge is 0.254 e. The molecule has 0 spiro atoms. The average Bonchev–Trinajstić information content (AvgIpc) is 2.64. The summed E-state index contributed by atoms with van der Waals surface area (Å²) in [6, 6.07) is 6.95. The van der Waals surface area contributed by atoms with Crippen LogP contribution in [-0.4, -0.2) is 58.3 Å². The number of ketones is 2. The molecule has 27 heavy (non-hydrogen) atoms. The first kappa shape index (κ1) is 17.2. The maximum Gasteiger partial charge on any atom is 0.254 e. The molecule has 0 radical (unpaired) electrons. The van der Waals surface area contributed by atoms with Gasteiger partial charge in [0, 0.05) is 42.4 Å². The van der Waals surface area contributed by atoms with E-state index in [1.807, 2.05) is 6.92 Å². The summed E-state index contributed by atoms with van der Waals surface area (Å²) >= 11 is 0. The SMILES string of the molecule is CC1CN(C(=O)c2cc(O)c3c(c2)C(=O)c2cccc(O)c2C3=O)CCN1. The zero-order chi connectivity index (χ0) is 19.3. The Balaban J connectivity index is 1.79. The summed E-state index contributed by atoms with van der Waals surface area (Å²) < 4.78 is 0. The number of benzene rings is 2. The Kier molecular flexibility index (Phi) is 3.96. The van der Waals surface area contributed by atoms with Crippen molar-refractivity contribution in [2.24, 2.45) is 0 Å². The molecule has 3 N–H and O–H groups in total. The van der Waals surface area contributed by atoms with E-state index in [-0.39, 0.29) is 45.5 Å². The van der Waals surface area contributed by atoms with Crippen molar-refractivity contribution in [1.29, 1.82) is 0 Å². The van der Waals surface area contributed by atoms with Gasteiger partial charge in [-0.25, -0.2) is 0 Å². The minimum Gasteiger partial charge on any atom is -0.507 e. The third-order valence-corrected chi connectivity index (χ3v) is 5.01. The van der Waals surface area contributed by atoms with Crippen LogP contribution in [-0.2, 0) is 0 Å². The number of fused-ring (bicyclic) bond motifs is 2.